The van der Waals surface area contributed by atoms with Gasteiger partial charge in [0.05, 0.1) is 30.7 Å². The highest BCUT2D eigenvalue weighted by atomic mass is 35.5. The largest absolute Gasteiger partial charge is 0.379 e. The highest BCUT2D eigenvalue weighted by Crippen LogP contribution is 2.16. The zero-order chi connectivity index (χ0) is 18.6. The molecule has 2 aromatic carbocycles. The molecule has 140 valence electrons. The average molecular weight is 385 g/mol. The zero-order valence-electron chi connectivity index (χ0n) is 14.9. The van der Waals surface area contributed by atoms with Crippen molar-refractivity contribution in [1.29, 1.82) is 0 Å². The van der Waals surface area contributed by atoms with Crippen molar-refractivity contribution in [3.8, 4) is 0 Å². The Hall–Kier alpha value is -2.41. The minimum Gasteiger partial charge on any atom is -0.379 e. The van der Waals surface area contributed by atoms with Crippen LogP contribution in [0.4, 0.5) is 5.69 Å². The number of nitrogens with one attached hydrogen (secondary N) is 2. The summed E-state index contributed by atoms with van der Waals surface area (Å²) in [7, 11) is 0. The number of anilines is 1. The number of aromatic nitrogens is 2. The van der Waals surface area contributed by atoms with Gasteiger partial charge in [-0.05, 0) is 35.9 Å². The molecule has 1 aliphatic rings. The first-order chi connectivity index (χ1) is 13.2. The third-order valence-corrected chi connectivity index (χ3v) is 4.88. The Kier molecular flexibility index (Phi) is 5.38. The summed E-state index contributed by atoms with van der Waals surface area (Å²) in [6, 6.07) is 13.4. The molecule has 3 aromatic rings. The van der Waals surface area contributed by atoms with Crippen molar-refractivity contribution in [3.05, 3.63) is 69.2 Å². The second kappa shape index (κ2) is 8.08. The number of fused-ring (bicyclic) bond motifs is 1. The van der Waals surface area contributed by atoms with Gasteiger partial charge in [0.25, 0.3) is 5.56 Å². The summed E-state index contributed by atoms with van der Waals surface area (Å²) in [5.74, 6) is 0.576. The Morgan fingerprint density at radius 1 is 1.15 bits per heavy atom. The molecule has 0 aliphatic carbocycles. The predicted molar refractivity (Wildman–Crippen MR) is 107 cm³/mol. The van der Waals surface area contributed by atoms with E-state index in [0.29, 0.717) is 28.3 Å². The van der Waals surface area contributed by atoms with Crippen LogP contribution in [0.5, 0.6) is 0 Å². The lowest BCUT2D eigenvalue weighted by molar-refractivity contribution is 0.0342. The lowest BCUT2D eigenvalue weighted by atomic mass is 10.2. The number of morpholine rings is 1. The van der Waals surface area contributed by atoms with Crippen LogP contribution >= 0.6 is 11.6 Å². The first-order valence-corrected chi connectivity index (χ1v) is 9.36. The number of rotatable bonds is 5. The molecule has 0 saturated carbocycles. The van der Waals surface area contributed by atoms with Crippen LogP contribution < -0.4 is 10.9 Å². The fraction of sp³-hybridized carbons (Fsp3) is 0.300. The fourth-order valence-corrected chi connectivity index (χ4v) is 3.34. The van der Waals surface area contributed by atoms with Crippen LogP contribution in [-0.4, -0.2) is 41.2 Å². The molecule has 6 nitrogen and oxygen atoms in total. The van der Waals surface area contributed by atoms with E-state index in [0.717, 1.165) is 38.5 Å². The molecular weight excluding hydrogens is 364 g/mol. The van der Waals surface area contributed by atoms with Crippen LogP contribution in [0.2, 0.25) is 5.02 Å². The molecule has 0 atom stereocenters. The van der Waals surface area contributed by atoms with Gasteiger partial charge in [0.15, 0.2) is 0 Å². The van der Waals surface area contributed by atoms with Gasteiger partial charge in [-0.15, -0.1) is 0 Å². The molecule has 0 unspecified atom stereocenters. The molecule has 0 radical (unpaired) electrons. The summed E-state index contributed by atoms with van der Waals surface area (Å²) in [5.41, 5.74) is 2.70. The number of benzene rings is 2. The Balaban J connectivity index is 1.41. The Morgan fingerprint density at radius 3 is 2.70 bits per heavy atom. The van der Waals surface area contributed by atoms with E-state index in [1.54, 1.807) is 18.2 Å². The van der Waals surface area contributed by atoms with Gasteiger partial charge in [-0.1, -0.05) is 23.7 Å². The summed E-state index contributed by atoms with van der Waals surface area (Å²) in [5, 5.41) is 4.40. The summed E-state index contributed by atoms with van der Waals surface area (Å²) >= 11 is 6.00. The van der Waals surface area contributed by atoms with Crippen molar-refractivity contribution in [3.63, 3.8) is 0 Å². The lowest BCUT2D eigenvalue weighted by Crippen LogP contribution is -2.35. The molecule has 0 bridgehead atoms. The highest BCUT2D eigenvalue weighted by molar-refractivity contribution is 6.31. The maximum absolute atomic E-state index is 12.2. The number of hydrogen-bond acceptors (Lipinski definition) is 5. The van der Waals surface area contributed by atoms with E-state index >= 15 is 0 Å². The van der Waals surface area contributed by atoms with Gasteiger partial charge in [0.1, 0.15) is 5.82 Å². The molecule has 4 rings (SSSR count). The first kappa shape index (κ1) is 18.0. The molecule has 1 aromatic heterocycles. The van der Waals surface area contributed by atoms with Gasteiger partial charge >= 0.3 is 0 Å². The number of ether oxygens (including phenoxy) is 1. The van der Waals surface area contributed by atoms with Gasteiger partial charge in [0.2, 0.25) is 0 Å². The van der Waals surface area contributed by atoms with Crippen molar-refractivity contribution in [2.75, 3.05) is 31.6 Å². The maximum atomic E-state index is 12.2. The van der Waals surface area contributed by atoms with Gasteiger partial charge in [-0.2, -0.15) is 0 Å². The molecule has 1 saturated heterocycles. The second-order valence-electron chi connectivity index (χ2n) is 6.61. The number of aromatic amines is 1. The van der Waals surface area contributed by atoms with Gasteiger partial charge in [-0.25, -0.2) is 4.98 Å². The van der Waals surface area contributed by atoms with E-state index in [2.05, 4.69) is 32.3 Å². The molecule has 1 aliphatic heterocycles. The van der Waals surface area contributed by atoms with Crippen LogP contribution in [0.15, 0.2) is 47.3 Å². The zero-order valence-corrected chi connectivity index (χ0v) is 15.6. The van der Waals surface area contributed by atoms with Crippen LogP contribution in [0.25, 0.3) is 10.9 Å². The molecular formula is C20H21ClN4O2. The topological polar surface area (TPSA) is 70.2 Å². The van der Waals surface area contributed by atoms with E-state index in [1.807, 2.05) is 12.1 Å². The van der Waals surface area contributed by atoms with Crippen molar-refractivity contribution in [2.45, 2.75) is 13.1 Å². The van der Waals surface area contributed by atoms with Crippen molar-refractivity contribution in [2.24, 2.45) is 0 Å². The van der Waals surface area contributed by atoms with Gasteiger partial charge in [0, 0.05) is 30.3 Å². The second-order valence-corrected chi connectivity index (χ2v) is 7.05. The quantitative estimate of drug-likeness (QED) is 0.707. The van der Waals surface area contributed by atoms with Crippen LogP contribution in [-0.2, 0) is 17.8 Å². The standard InChI is InChI=1S/C20H21ClN4O2/c21-15-3-6-17-18(11-15)23-19(24-20(17)26)12-22-16-4-1-14(2-5-16)13-25-7-9-27-10-8-25/h1-6,11,22H,7-10,12-13H2,(H,23,24,26). The Labute approximate surface area is 162 Å². The van der Waals surface area contributed by atoms with Crippen molar-refractivity contribution >= 4 is 28.2 Å². The molecule has 2 heterocycles. The summed E-state index contributed by atoms with van der Waals surface area (Å²) in [4.78, 5) is 21.9. The number of nitrogens with zero attached hydrogens (tertiary/aromatic N) is 2. The van der Waals surface area contributed by atoms with Gasteiger partial charge in [-0.3, -0.25) is 9.69 Å². The van der Waals surface area contributed by atoms with Crippen molar-refractivity contribution < 1.29 is 4.74 Å². The fourth-order valence-electron chi connectivity index (χ4n) is 3.18. The molecule has 27 heavy (non-hydrogen) atoms. The smallest absolute Gasteiger partial charge is 0.258 e. The molecule has 1 fully saturated rings. The third-order valence-electron chi connectivity index (χ3n) is 4.64. The van der Waals surface area contributed by atoms with Crippen LogP contribution in [0, 0.1) is 0 Å². The lowest BCUT2D eigenvalue weighted by Gasteiger charge is -2.26. The van der Waals surface area contributed by atoms with Crippen molar-refractivity contribution in [1.82, 2.24) is 14.9 Å². The van der Waals surface area contributed by atoms with E-state index < -0.39 is 0 Å². The molecule has 2 N–H and O–H groups in total. The monoisotopic (exact) mass is 384 g/mol. The maximum Gasteiger partial charge on any atom is 0.258 e. The van der Waals surface area contributed by atoms with E-state index in [1.165, 1.54) is 5.56 Å². The average Bonchev–Trinajstić information content (AvgIpc) is 2.68. The summed E-state index contributed by atoms with van der Waals surface area (Å²) in [6.45, 7) is 4.93. The summed E-state index contributed by atoms with van der Waals surface area (Å²) in [6.07, 6.45) is 0. The number of hydrogen-bond donors (Lipinski definition) is 2. The van der Waals surface area contributed by atoms with Gasteiger partial charge < -0.3 is 15.0 Å². The SMILES string of the molecule is O=c1[nH]c(CNc2ccc(CN3CCOCC3)cc2)nc2cc(Cl)ccc12. The third kappa shape index (κ3) is 4.47. The summed E-state index contributed by atoms with van der Waals surface area (Å²) < 4.78 is 5.38. The highest BCUT2D eigenvalue weighted by Gasteiger charge is 2.10. The Bertz CT molecular complexity index is 981. The van der Waals surface area contributed by atoms with E-state index in [9.17, 15) is 4.79 Å². The van der Waals surface area contributed by atoms with Crippen LogP contribution in [0.1, 0.15) is 11.4 Å². The first-order valence-electron chi connectivity index (χ1n) is 8.99. The van der Waals surface area contributed by atoms with Crippen LogP contribution in [0.3, 0.4) is 0 Å². The number of H-pyrrole nitrogens is 1. The van der Waals surface area contributed by atoms with E-state index in [-0.39, 0.29) is 5.56 Å². The predicted octanol–water partition coefficient (Wildman–Crippen LogP) is 3.02. The van der Waals surface area contributed by atoms with E-state index in [4.69, 9.17) is 16.3 Å². The normalized spacial score (nSPS) is 15.1. The minimum absolute atomic E-state index is 0.158. The molecule has 7 heteroatoms. The number of halogens is 1. The molecule has 0 amide bonds. The molecule has 0 spiro atoms. The minimum atomic E-state index is -0.158. The Morgan fingerprint density at radius 2 is 1.93 bits per heavy atom.